The zero-order chi connectivity index (χ0) is 15.0. The Kier molecular flexibility index (Phi) is 3.69. The van der Waals surface area contributed by atoms with Crippen molar-refractivity contribution in [2.45, 2.75) is 13.5 Å². The van der Waals surface area contributed by atoms with Gasteiger partial charge in [-0.05, 0) is 40.5 Å². The summed E-state index contributed by atoms with van der Waals surface area (Å²) in [6, 6.07) is 12.1. The molecule has 0 atom stereocenters. The Bertz CT molecular complexity index is 793. The van der Waals surface area contributed by atoms with Gasteiger partial charge in [-0.25, -0.2) is 4.98 Å². The molecule has 2 N–H and O–H groups in total. The topological polar surface area (TPSA) is 52.5 Å². The van der Waals surface area contributed by atoms with Gasteiger partial charge < -0.3 is 10.5 Å². The van der Waals surface area contributed by atoms with Crippen molar-refractivity contribution in [1.82, 2.24) is 9.38 Å². The first-order valence-electron chi connectivity index (χ1n) is 6.63. The van der Waals surface area contributed by atoms with E-state index in [9.17, 15) is 0 Å². The molecule has 0 radical (unpaired) electrons. The van der Waals surface area contributed by atoms with Crippen molar-refractivity contribution in [1.29, 1.82) is 0 Å². The number of methoxy groups -OCH3 is 1. The smallest absolute Gasteiger partial charge is 0.139 e. The third-order valence-corrected chi connectivity index (χ3v) is 4.38. The van der Waals surface area contributed by atoms with E-state index in [1.807, 2.05) is 47.7 Å². The van der Waals surface area contributed by atoms with E-state index >= 15 is 0 Å². The molecule has 21 heavy (non-hydrogen) atoms. The number of anilines is 1. The number of nitrogen functional groups attached to an aromatic ring is 1. The maximum Gasteiger partial charge on any atom is 0.139 e. The maximum absolute atomic E-state index is 6.29. The summed E-state index contributed by atoms with van der Waals surface area (Å²) in [6.45, 7) is 2.62. The second-order valence-corrected chi connectivity index (χ2v) is 5.79. The molecule has 108 valence electrons. The van der Waals surface area contributed by atoms with Crippen LogP contribution >= 0.6 is 15.9 Å². The number of ether oxygens (including phenoxy) is 1. The van der Waals surface area contributed by atoms with Crippen LogP contribution in [0.3, 0.4) is 0 Å². The number of fused-ring (bicyclic) bond motifs is 1. The van der Waals surface area contributed by atoms with Crippen LogP contribution < -0.4 is 5.73 Å². The Hall–Kier alpha value is -1.85. The third kappa shape index (κ3) is 2.43. The summed E-state index contributed by atoms with van der Waals surface area (Å²) in [6.07, 6.45) is 0. The number of hydrogen-bond acceptors (Lipinski definition) is 3. The molecular weight excluding hydrogens is 330 g/mol. The zero-order valence-electron chi connectivity index (χ0n) is 11.9. The highest BCUT2D eigenvalue weighted by molar-refractivity contribution is 9.10. The quantitative estimate of drug-likeness (QED) is 0.785. The first-order chi connectivity index (χ1) is 10.1. The minimum Gasteiger partial charge on any atom is -0.383 e. The van der Waals surface area contributed by atoms with Gasteiger partial charge in [-0.3, -0.25) is 4.40 Å². The zero-order valence-corrected chi connectivity index (χ0v) is 13.5. The number of benzene rings is 1. The summed E-state index contributed by atoms with van der Waals surface area (Å²) in [4.78, 5) is 4.65. The highest BCUT2D eigenvalue weighted by Gasteiger charge is 2.13. The second-order valence-electron chi connectivity index (χ2n) is 4.94. The van der Waals surface area contributed by atoms with E-state index in [1.165, 1.54) is 0 Å². The number of rotatable bonds is 3. The first kappa shape index (κ1) is 14.1. The van der Waals surface area contributed by atoms with Crippen LogP contribution in [0.15, 0.2) is 40.9 Å². The lowest BCUT2D eigenvalue weighted by Crippen LogP contribution is -1.98. The highest BCUT2D eigenvalue weighted by Crippen LogP contribution is 2.29. The van der Waals surface area contributed by atoms with Crippen LogP contribution in [-0.4, -0.2) is 16.5 Å². The van der Waals surface area contributed by atoms with Gasteiger partial charge in [-0.15, -0.1) is 0 Å². The normalized spacial score (nSPS) is 11.2. The van der Waals surface area contributed by atoms with E-state index in [1.54, 1.807) is 7.11 Å². The van der Waals surface area contributed by atoms with Crippen LogP contribution in [0.5, 0.6) is 0 Å². The van der Waals surface area contributed by atoms with Crippen molar-refractivity contribution < 1.29 is 4.74 Å². The molecule has 5 heteroatoms. The number of aromatic nitrogens is 2. The molecule has 0 aliphatic heterocycles. The van der Waals surface area contributed by atoms with Gasteiger partial charge in [-0.2, -0.15) is 0 Å². The van der Waals surface area contributed by atoms with Crippen molar-refractivity contribution in [2.75, 3.05) is 12.8 Å². The van der Waals surface area contributed by atoms with E-state index in [2.05, 4.69) is 20.9 Å². The number of imidazole rings is 1. The second kappa shape index (κ2) is 5.50. The number of nitrogens with zero attached hydrogens (tertiary/aromatic N) is 2. The predicted octanol–water partition coefficient (Wildman–Crippen LogP) is 3.80. The molecule has 0 fully saturated rings. The van der Waals surface area contributed by atoms with E-state index in [0.29, 0.717) is 12.4 Å². The Balaban J connectivity index is 2.12. The minimum absolute atomic E-state index is 0.604. The summed E-state index contributed by atoms with van der Waals surface area (Å²) < 4.78 is 8.10. The first-order valence-corrected chi connectivity index (χ1v) is 7.42. The predicted molar refractivity (Wildman–Crippen MR) is 88.2 cm³/mol. The molecule has 2 aromatic heterocycles. The van der Waals surface area contributed by atoms with Crippen molar-refractivity contribution in [3.05, 3.63) is 52.1 Å². The van der Waals surface area contributed by atoms with Gasteiger partial charge in [0.1, 0.15) is 17.2 Å². The average Bonchev–Trinajstić information content (AvgIpc) is 2.82. The van der Waals surface area contributed by atoms with Crippen LogP contribution in [0.1, 0.15) is 11.3 Å². The highest BCUT2D eigenvalue weighted by atomic mass is 79.9. The Morgan fingerprint density at radius 2 is 1.90 bits per heavy atom. The Labute approximate surface area is 131 Å². The maximum atomic E-state index is 6.29. The summed E-state index contributed by atoms with van der Waals surface area (Å²) in [7, 11) is 1.69. The summed E-state index contributed by atoms with van der Waals surface area (Å²) in [5.41, 5.74) is 11.1. The van der Waals surface area contributed by atoms with E-state index in [-0.39, 0.29) is 0 Å². The van der Waals surface area contributed by atoms with E-state index in [0.717, 1.165) is 32.6 Å². The van der Waals surface area contributed by atoms with Gasteiger partial charge in [-0.1, -0.05) is 24.3 Å². The Morgan fingerprint density at radius 3 is 2.57 bits per heavy atom. The fourth-order valence-corrected chi connectivity index (χ4v) is 2.74. The van der Waals surface area contributed by atoms with Crippen molar-refractivity contribution >= 4 is 27.4 Å². The molecule has 0 spiro atoms. The molecule has 0 saturated carbocycles. The van der Waals surface area contributed by atoms with Gasteiger partial charge in [0.15, 0.2) is 0 Å². The number of halogens is 1. The SMILES string of the molecule is COCc1ccc(-c2nc3ccc(Br)c(C)n3c2N)cc1. The fraction of sp³-hybridized carbons (Fsp3) is 0.188. The van der Waals surface area contributed by atoms with Crippen LogP contribution in [-0.2, 0) is 11.3 Å². The molecule has 1 aromatic carbocycles. The number of nitrogens with two attached hydrogens (primary N) is 1. The average molecular weight is 346 g/mol. The van der Waals surface area contributed by atoms with Crippen LogP contribution in [0.25, 0.3) is 16.9 Å². The largest absolute Gasteiger partial charge is 0.383 e. The number of aryl methyl sites for hydroxylation is 1. The van der Waals surface area contributed by atoms with Gasteiger partial charge in [0, 0.05) is 22.8 Å². The van der Waals surface area contributed by atoms with Crippen molar-refractivity contribution in [2.24, 2.45) is 0 Å². The molecule has 3 aromatic rings. The molecule has 0 saturated heterocycles. The third-order valence-electron chi connectivity index (χ3n) is 3.54. The molecule has 2 heterocycles. The lowest BCUT2D eigenvalue weighted by Gasteiger charge is -2.05. The van der Waals surface area contributed by atoms with Crippen molar-refractivity contribution in [3.63, 3.8) is 0 Å². The van der Waals surface area contributed by atoms with Gasteiger partial charge in [0.05, 0.1) is 6.61 Å². The van der Waals surface area contributed by atoms with Crippen LogP contribution in [0, 0.1) is 6.92 Å². The monoisotopic (exact) mass is 345 g/mol. The van der Waals surface area contributed by atoms with Crippen LogP contribution in [0.2, 0.25) is 0 Å². The lowest BCUT2D eigenvalue weighted by atomic mass is 10.1. The molecule has 0 bridgehead atoms. The van der Waals surface area contributed by atoms with E-state index in [4.69, 9.17) is 10.5 Å². The molecule has 0 unspecified atom stereocenters. The Morgan fingerprint density at radius 1 is 1.19 bits per heavy atom. The van der Waals surface area contributed by atoms with Gasteiger partial charge in [0.25, 0.3) is 0 Å². The molecule has 0 aliphatic rings. The van der Waals surface area contributed by atoms with Gasteiger partial charge >= 0.3 is 0 Å². The van der Waals surface area contributed by atoms with Crippen molar-refractivity contribution in [3.8, 4) is 11.3 Å². The molecule has 0 aliphatic carbocycles. The fourth-order valence-electron chi connectivity index (χ4n) is 2.43. The van der Waals surface area contributed by atoms with Crippen LogP contribution in [0.4, 0.5) is 5.82 Å². The van der Waals surface area contributed by atoms with E-state index < -0.39 is 0 Å². The van der Waals surface area contributed by atoms with Gasteiger partial charge in [0.2, 0.25) is 0 Å². The molecular formula is C16H16BrN3O. The molecule has 3 rings (SSSR count). The lowest BCUT2D eigenvalue weighted by molar-refractivity contribution is 0.185. The molecule has 0 amide bonds. The number of pyridine rings is 1. The standard InChI is InChI=1S/C16H16BrN3O/c1-10-13(17)7-8-14-19-15(16(18)20(10)14)12-5-3-11(4-6-12)9-21-2/h3-8H,9,18H2,1-2H3. The summed E-state index contributed by atoms with van der Waals surface area (Å²) in [5, 5.41) is 0. The minimum atomic E-state index is 0.604. The number of hydrogen-bond donors (Lipinski definition) is 1. The summed E-state index contributed by atoms with van der Waals surface area (Å²) in [5.74, 6) is 0.656. The molecule has 4 nitrogen and oxygen atoms in total. The summed E-state index contributed by atoms with van der Waals surface area (Å²) >= 11 is 3.52.